The molecule has 14 amide bonds. The summed E-state index contributed by atoms with van der Waals surface area (Å²) in [7, 11) is 7.32. The zero-order chi connectivity index (χ0) is 75.4. The van der Waals surface area contributed by atoms with E-state index in [2.05, 4.69) is 42.5 Å². The van der Waals surface area contributed by atoms with E-state index < -0.39 is 229 Å². The summed E-state index contributed by atoms with van der Waals surface area (Å²) in [6, 6.07) is -9.59. The highest BCUT2D eigenvalue weighted by Crippen LogP contribution is 2.20. The first-order valence-corrected chi connectivity index (χ1v) is 33.0. The van der Waals surface area contributed by atoms with E-state index in [9.17, 15) is 87.5 Å². The number of hydrogen-bond acceptors (Lipinski definition) is 18. The number of carbonyl (C=O) groups excluding carboxylic acids is 14. The number of benzene rings is 1. The maximum absolute atomic E-state index is 14.6. The quantitative estimate of drug-likeness (QED) is 0.0950. The van der Waals surface area contributed by atoms with Gasteiger partial charge < -0.3 is 92.4 Å². The van der Waals surface area contributed by atoms with Crippen molar-refractivity contribution in [3.8, 4) is 0 Å². The highest BCUT2D eigenvalue weighted by molar-refractivity contribution is 6.00. The van der Waals surface area contributed by atoms with Gasteiger partial charge in [0.05, 0.1) is 38.5 Å². The van der Waals surface area contributed by atoms with Gasteiger partial charge in [0.25, 0.3) is 0 Å². The zero-order valence-electron chi connectivity index (χ0n) is 60.7. The van der Waals surface area contributed by atoms with Crippen LogP contribution in [0.15, 0.2) is 30.3 Å². The second-order valence-electron chi connectivity index (χ2n) is 27.3. The molecular weight excluding hydrogens is 1280 g/mol. The van der Waals surface area contributed by atoms with Crippen molar-refractivity contribution in [2.75, 3.05) is 68.6 Å². The highest BCUT2D eigenvalue weighted by Gasteiger charge is 2.45. The maximum Gasteiger partial charge on any atom is 0.248 e. The number of aliphatic hydroxyl groups excluding tert-OH is 4. The third-order valence-corrected chi connectivity index (χ3v) is 17.5. The molecule has 1 saturated heterocycles. The lowest BCUT2D eigenvalue weighted by Gasteiger charge is -2.37. The third kappa shape index (κ3) is 22.9. The summed E-state index contributed by atoms with van der Waals surface area (Å²) >= 11 is 0. The molecule has 14 atom stereocenters. The molecule has 32 heteroatoms. The molecule has 98 heavy (non-hydrogen) atoms. The Morgan fingerprint density at radius 2 is 0.694 bits per heavy atom. The number of likely N-dealkylation sites (N-methyl/N-ethyl adjacent to an activating group) is 6. The molecule has 0 bridgehead atoms. The summed E-state index contributed by atoms with van der Waals surface area (Å²) in [4.78, 5) is 204. The average molecular weight is 1390 g/mol. The molecular formula is C66H110N14O18. The Kier molecular flexibility index (Phi) is 33.9. The zero-order valence-corrected chi connectivity index (χ0v) is 60.7. The van der Waals surface area contributed by atoms with E-state index in [-0.39, 0.29) is 6.42 Å². The number of aliphatic hydroxyl groups is 4. The van der Waals surface area contributed by atoms with Gasteiger partial charge in [0.2, 0.25) is 82.7 Å². The summed E-state index contributed by atoms with van der Waals surface area (Å²) in [6.45, 7) is 19.1. The van der Waals surface area contributed by atoms with Crippen LogP contribution in [-0.4, -0.2) is 286 Å². The van der Waals surface area contributed by atoms with Gasteiger partial charge >= 0.3 is 0 Å². The van der Waals surface area contributed by atoms with E-state index in [4.69, 9.17) is 0 Å². The van der Waals surface area contributed by atoms with Crippen molar-refractivity contribution in [2.24, 2.45) is 35.5 Å². The van der Waals surface area contributed by atoms with Crippen LogP contribution in [0.25, 0.3) is 0 Å². The molecule has 0 aliphatic carbocycles. The fraction of sp³-hybridized carbons (Fsp3) is 0.697. The summed E-state index contributed by atoms with van der Waals surface area (Å²) in [5.74, 6) is -17.1. The second kappa shape index (κ2) is 38.7. The summed E-state index contributed by atoms with van der Waals surface area (Å²) in [6.07, 6.45) is -3.36. The van der Waals surface area contributed by atoms with E-state index in [1.54, 1.807) is 113 Å². The monoisotopic (exact) mass is 1390 g/mol. The fourth-order valence-electron chi connectivity index (χ4n) is 11.2. The van der Waals surface area contributed by atoms with Crippen molar-refractivity contribution in [1.29, 1.82) is 0 Å². The van der Waals surface area contributed by atoms with Crippen LogP contribution in [0.3, 0.4) is 0 Å². The minimum absolute atomic E-state index is 0.126. The Morgan fingerprint density at radius 1 is 0.367 bits per heavy atom. The molecule has 1 aromatic carbocycles. The molecule has 12 N–H and O–H groups in total. The van der Waals surface area contributed by atoms with Crippen LogP contribution in [0.4, 0.5) is 0 Å². The van der Waals surface area contributed by atoms with Crippen LogP contribution < -0.4 is 42.5 Å². The predicted octanol–water partition coefficient (Wildman–Crippen LogP) is -3.95. The summed E-state index contributed by atoms with van der Waals surface area (Å²) in [5.41, 5.74) is 0.573. The van der Waals surface area contributed by atoms with Gasteiger partial charge in [-0.15, -0.1) is 0 Å². The number of carbonyl (C=O) groups is 14. The number of nitrogens with zero attached hydrogens (tertiary/aromatic N) is 6. The van der Waals surface area contributed by atoms with Crippen molar-refractivity contribution < 1.29 is 87.5 Å². The topological polar surface area (TPSA) is 436 Å². The molecule has 14 unspecified atom stereocenters. The van der Waals surface area contributed by atoms with Crippen LogP contribution >= 0.6 is 0 Å². The minimum atomic E-state index is -1.75. The molecule has 552 valence electrons. The van der Waals surface area contributed by atoms with Gasteiger partial charge in [0.1, 0.15) is 72.5 Å². The maximum atomic E-state index is 14.6. The first-order chi connectivity index (χ1) is 45.4. The largest absolute Gasteiger partial charge is 0.394 e. The van der Waals surface area contributed by atoms with E-state index in [1.807, 2.05) is 0 Å². The van der Waals surface area contributed by atoms with Crippen molar-refractivity contribution in [1.82, 2.24) is 71.9 Å². The summed E-state index contributed by atoms with van der Waals surface area (Å²) in [5, 5.41) is 63.7. The van der Waals surface area contributed by atoms with Crippen LogP contribution in [0.1, 0.15) is 109 Å². The second-order valence-corrected chi connectivity index (χ2v) is 27.3. The van der Waals surface area contributed by atoms with Crippen molar-refractivity contribution in [2.45, 2.75) is 195 Å². The molecule has 1 aromatic rings. The molecule has 2 rings (SSSR count). The molecule has 32 nitrogen and oxygen atoms in total. The van der Waals surface area contributed by atoms with Crippen molar-refractivity contribution >= 4 is 82.7 Å². The van der Waals surface area contributed by atoms with Gasteiger partial charge in [-0.25, -0.2) is 0 Å². The summed E-state index contributed by atoms with van der Waals surface area (Å²) < 4.78 is 0. The minimum Gasteiger partial charge on any atom is -0.394 e. The predicted molar refractivity (Wildman–Crippen MR) is 359 cm³/mol. The Bertz CT molecular complexity index is 2960. The van der Waals surface area contributed by atoms with Gasteiger partial charge in [-0.1, -0.05) is 113 Å². The van der Waals surface area contributed by atoms with Crippen LogP contribution in [-0.2, 0) is 73.5 Å². The molecule has 1 heterocycles. The lowest BCUT2D eigenvalue weighted by atomic mass is 9.98. The Balaban J connectivity index is 2.83. The van der Waals surface area contributed by atoms with Gasteiger partial charge in [-0.3, -0.25) is 67.1 Å². The van der Waals surface area contributed by atoms with Crippen LogP contribution in [0.5, 0.6) is 0 Å². The van der Waals surface area contributed by atoms with E-state index in [1.165, 1.54) is 63.1 Å². The lowest BCUT2D eigenvalue weighted by molar-refractivity contribution is -0.152. The molecule has 1 fully saturated rings. The van der Waals surface area contributed by atoms with Gasteiger partial charge in [-0.2, -0.15) is 0 Å². The molecule has 0 aromatic heterocycles. The molecule has 1 aliphatic heterocycles. The Hall–Kier alpha value is -8.36. The molecule has 0 saturated carbocycles. The first-order valence-electron chi connectivity index (χ1n) is 33.0. The fourth-order valence-corrected chi connectivity index (χ4v) is 11.2. The standard InChI is InChI=1S/C66H110N14O18/c1-32(2)47-63(95)77(18)44(31-82)61(93)78(19)52(37(11)12)58(90)69-42(30-81)56(88)72-50(35(7)8)64(96)76(17)43(27-41-25-23-22-24-26-41)57(89)68-29-46(86)71-48(33(3)4)65(97)79(20)53(39(14)83)60(92)74-51(36(9)10)66(98)80(21)54(40(15)84)59(91)73-49(34(5)6)62(94)75(16)38(13)55(87)67-28-45(85)70-47/h22-26,32-40,42-44,47-54,81-84H,27-31H2,1-21H3,(H,67,87)(H,68,89)(H,69,90)(H,70,85)(H,71,86)(H,72,88)(H,73,91)(H,74,92). The highest BCUT2D eigenvalue weighted by atomic mass is 16.3. The van der Waals surface area contributed by atoms with E-state index >= 15 is 0 Å². The third-order valence-electron chi connectivity index (χ3n) is 17.5. The first kappa shape index (κ1) is 85.7. The number of hydrogen-bond donors (Lipinski definition) is 12. The van der Waals surface area contributed by atoms with Crippen LogP contribution in [0, 0.1) is 35.5 Å². The molecule has 0 radical (unpaired) electrons. The van der Waals surface area contributed by atoms with Crippen molar-refractivity contribution in [3.63, 3.8) is 0 Å². The molecule has 1 aliphatic rings. The SMILES string of the molecule is CC(C)C1NC(=O)C(C(C)O)N(C)C(=O)C(C(C)C)NC(=O)C(C(C)O)N(C)C(=O)C(C(C)C)NC(=O)CNC(=O)C(Cc2ccccc2)N(C)C(=O)C(C(C)C)NC(=O)C(CO)NC(=O)C(C(C)C)N(C)C(=O)C(CO)N(C)C(=O)C(C(C)C)NC(=O)CNC(=O)C(C)N(C)C1=O. The number of rotatable bonds is 12. The number of amides is 14. The van der Waals surface area contributed by atoms with E-state index in [0.717, 1.165) is 29.4 Å². The molecule has 0 spiro atoms. The lowest BCUT2D eigenvalue weighted by Crippen LogP contribution is -2.64. The Labute approximate surface area is 575 Å². The number of nitrogens with one attached hydrogen (secondary N) is 8. The van der Waals surface area contributed by atoms with Crippen molar-refractivity contribution in [3.05, 3.63) is 35.9 Å². The average Bonchev–Trinajstić information content (AvgIpc) is 0.828. The van der Waals surface area contributed by atoms with E-state index in [0.29, 0.717) is 5.56 Å². The van der Waals surface area contributed by atoms with Gasteiger partial charge in [0.15, 0.2) is 0 Å². The smallest absolute Gasteiger partial charge is 0.248 e. The van der Waals surface area contributed by atoms with Gasteiger partial charge in [-0.05, 0) is 61.8 Å². The Morgan fingerprint density at radius 3 is 1.05 bits per heavy atom. The van der Waals surface area contributed by atoms with Gasteiger partial charge in [0, 0.05) is 48.7 Å². The van der Waals surface area contributed by atoms with Crippen LogP contribution in [0.2, 0.25) is 0 Å². The normalized spacial score (nSPS) is 27.1.